The van der Waals surface area contributed by atoms with E-state index >= 15 is 0 Å². The molecule has 1 aliphatic rings. The van der Waals surface area contributed by atoms with Crippen LogP contribution in [-0.2, 0) is 16.4 Å². The number of aliphatic hydroxyl groups is 1. The van der Waals surface area contributed by atoms with Crippen molar-refractivity contribution in [2.45, 2.75) is 18.7 Å². The highest BCUT2D eigenvalue weighted by Crippen LogP contribution is 2.14. The number of hydrogen-bond acceptors (Lipinski definition) is 5. The molecule has 84 valence electrons. The van der Waals surface area contributed by atoms with E-state index < -0.39 is 15.9 Å². The molecule has 1 saturated heterocycles. The van der Waals surface area contributed by atoms with Gasteiger partial charge >= 0.3 is 0 Å². The molecule has 0 amide bonds. The van der Waals surface area contributed by atoms with Crippen molar-refractivity contribution < 1.29 is 13.5 Å². The molecule has 2 atom stereocenters. The molecular weight excluding hydrogens is 234 g/mol. The third-order valence-corrected chi connectivity index (χ3v) is 5.03. The molecule has 0 radical (unpaired) electrons. The highest BCUT2D eigenvalue weighted by atomic mass is 32.2. The smallest absolute Gasteiger partial charge is 0.154 e. The van der Waals surface area contributed by atoms with Gasteiger partial charge in [-0.25, -0.2) is 8.42 Å². The summed E-state index contributed by atoms with van der Waals surface area (Å²) in [4.78, 5) is 1.14. The Labute approximate surface area is 92.9 Å². The molecule has 15 heavy (non-hydrogen) atoms. The molecule has 2 N–H and O–H groups in total. The maximum Gasteiger partial charge on any atom is 0.154 e. The normalized spacial score (nSPS) is 29.4. The van der Waals surface area contributed by atoms with Crippen molar-refractivity contribution in [1.29, 1.82) is 0 Å². The molecule has 0 bridgehead atoms. The first kappa shape index (κ1) is 11.1. The van der Waals surface area contributed by atoms with Crippen molar-refractivity contribution in [1.82, 2.24) is 5.32 Å². The third-order valence-electron chi connectivity index (χ3n) is 2.44. The van der Waals surface area contributed by atoms with Crippen LogP contribution >= 0.6 is 11.3 Å². The minimum atomic E-state index is -3.04. The molecule has 2 unspecified atom stereocenters. The van der Waals surface area contributed by atoms with Crippen LogP contribution in [0.15, 0.2) is 17.5 Å². The van der Waals surface area contributed by atoms with Crippen molar-refractivity contribution in [3.8, 4) is 0 Å². The van der Waals surface area contributed by atoms with E-state index in [4.69, 9.17) is 0 Å². The summed E-state index contributed by atoms with van der Waals surface area (Å²) in [6, 6.07) is 3.61. The monoisotopic (exact) mass is 247 g/mol. The van der Waals surface area contributed by atoms with Crippen LogP contribution in [0, 0.1) is 0 Å². The quantitative estimate of drug-likeness (QED) is 0.789. The lowest BCUT2D eigenvalue weighted by Gasteiger charge is -2.13. The van der Waals surface area contributed by atoms with E-state index in [1.54, 1.807) is 11.3 Å². The second kappa shape index (κ2) is 4.21. The fraction of sp³-hybridized carbons (Fsp3) is 0.556. The lowest BCUT2D eigenvalue weighted by atomic mass is 10.2. The van der Waals surface area contributed by atoms with Crippen LogP contribution in [0.3, 0.4) is 0 Å². The minimum Gasteiger partial charge on any atom is -0.390 e. The van der Waals surface area contributed by atoms with E-state index in [9.17, 15) is 13.5 Å². The van der Waals surface area contributed by atoms with Crippen molar-refractivity contribution >= 4 is 21.2 Å². The number of nitrogens with one attached hydrogen (secondary N) is 1. The molecule has 6 heteroatoms. The Hall–Kier alpha value is -0.430. The van der Waals surface area contributed by atoms with Crippen LogP contribution in [0.25, 0.3) is 0 Å². The van der Waals surface area contributed by atoms with Gasteiger partial charge in [0.25, 0.3) is 0 Å². The van der Waals surface area contributed by atoms with Crippen LogP contribution < -0.4 is 5.32 Å². The topological polar surface area (TPSA) is 66.4 Å². The summed E-state index contributed by atoms with van der Waals surface area (Å²) in [6.45, 7) is 0.620. The van der Waals surface area contributed by atoms with Crippen molar-refractivity contribution in [2.75, 3.05) is 11.5 Å². The molecule has 0 spiro atoms. The van der Waals surface area contributed by atoms with Gasteiger partial charge in [-0.2, -0.15) is 0 Å². The second-order valence-electron chi connectivity index (χ2n) is 3.71. The van der Waals surface area contributed by atoms with Gasteiger partial charge in [-0.3, -0.25) is 0 Å². The first-order valence-electron chi connectivity index (χ1n) is 4.71. The number of sulfone groups is 1. The molecule has 0 saturated carbocycles. The van der Waals surface area contributed by atoms with Gasteiger partial charge in [0, 0.05) is 17.5 Å². The summed E-state index contributed by atoms with van der Waals surface area (Å²) in [5, 5.41) is 14.6. The summed E-state index contributed by atoms with van der Waals surface area (Å²) in [6.07, 6.45) is -0.769. The van der Waals surface area contributed by atoms with Crippen LogP contribution in [-0.4, -0.2) is 37.2 Å². The molecule has 1 fully saturated rings. The molecule has 1 aromatic heterocycles. The van der Waals surface area contributed by atoms with Gasteiger partial charge in [-0.15, -0.1) is 11.3 Å². The van der Waals surface area contributed by atoms with E-state index in [2.05, 4.69) is 5.32 Å². The van der Waals surface area contributed by atoms with Gasteiger partial charge in [-0.1, -0.05) is 6.07 Å². The number of hydrogen-bond donors (Lipinski definition) is 2. The first-order valence-corrected chi connectivity index (χ1v) is 7.41. The first-order chi connectivity index (χ1) is 7.07. The molecule has 2 heterocycles. The van der Waals surface area contributed by atoms with Gasteiger partial charge in [-0.05, 0) is 11.4 Å². The highest BCUT2D eigenvalue weighted by molar-refractivity contribution is 7.91. The standard InChI is InChI=1S/C9H13NO3S2/c11-9-6-15(12,13)5-8(9)10-4-7-2-1-3-14-7/h1-3,8-11H,4-6H2. The number of thiophene rings is 1. The van der Waals surface area contributed by atoms with Gasteiger partial charge in [0.1, 0.15) is 0 Å². The molecule has 0 aromatic carbocycles. The zero-order valence-electron chi connectivity index (χ0n) is 8.09. The predicted molar refractivity (Wildman–Crippen MR) is 59.6 cm³/mol. The Balaban J connectivity index is 1.91. The second-order valence-corrected chi connectivity index (χ2v) is 6.90. The SMILES string of the molecule is O=S1(=O)CC(O)C(NCc2cccs2)C1. The fourth-order valence-electron chi connectivity index (χ4n) is 1.67. The predicted octanol–water partition coefficient (Wildman–Crippen LogP) is -0.00440. The molecule has 1 aliphatic heterocycles. The van der Waals surface area contributed by atoms with Crippen LogP contribution in [0.4, 0.5) is 0 Å². The lowest BCUT2D eigenvalue weighted by molar-refractivity contribution is 0.165. The van der Waals surface area contributed by atoms with Crippen LogP contribution in [0.1, 0.15) is 4.88 Å². The Bertz CT molecular complexity index is 413. The van der Waals surface area contributed by atoms with Crippen molar-refractivity contribution in [3.63, 3.8) is 0 Å². The molecule has 0 aliphatic carbocycles. The van der Waals surface area contributed by atoms with Gasteiger partial charge in [0.05, 0.1) is 17.6 Å². The molecule has 2 rings (SSSR count). The summed E-state index contributed by atoms with van der Waals surface area (Å²) in [5.74, 6) is -0.0748. The van der Waals surface area contributed by atoms with Crippen molar-refractivity contribution in [3.05, 3.63) is 22.4 Å². The molecule has 4 nitrogen and oxygen atoms in total. The maximum absolute atomic E-state index is 11.2. The average molecular weight is 247 g/mol. The van der Waals surface area contributed by atoms with E-state index in [1.165, 1.54) is 0 Å². The van der Waals surface area contributed by atoms with E-state index in [0.29, 0.717) is 6.54 Å². The molecular formula is C9H13NO3S2. The van der Waals surface area contributed by atoms with Gasteiger partial charge in [0.15, 0.2) is 9.84 Å². The summed E-state index contributed by atoms with van der Waals surface area (Å²) in [5.41, 5.74) is 0. The fourth-order valence-corrected chi connectivity index (χ4v) is 4.10. The third kappa shape index (κ3) is 2.78. The summed E-state index contributed by atoms with van der Waals surface area (Å²) in [7, 11) is -3.04. The van der Waals surface area contributed by atoms with E-state index in [1.807, 2.05) is 17.5 Å². The van der Waals surface area contributed by atoms with Gasteiger partial charge < -0.3 is 10.4 Å². The molecule has 1 aromatic rings. The van der Waals surface area contributed by atoms with E-state index in [0.717, 1.165) is 4.88 Å². The summed E-state index contributed by atoms with van der Waals surface area (Å²) >= 11 is 1.61. The summed E-state index contributed by atoms with van der Waals surface area (Å²) < 4.78 is 22.4. The minimum absolute atomic E-state index is 0.0412. The largest absolute Gasteiger partial charge is 0.390 e. The van der Waals surface area contributed by atoms with E-state index in [-0.39, 0.29) is 17.5 Å². The Kier molecular flexibility index (Phi) is 3.11. The number of aliphatic hydroxyl groups excluding tert-OH is 1. The highest BCUT2D eigenvalue weighted by Gasteiger charge is 2.35. The van der Waals surface area contributed by atoms with Crippen molar-refractivity contribution in [2.24, 2.45) is 0 Å². The zero-order chi connectivity index (χ0) is 10.9. The number of rotatable bonds is 3. The van der Waals surface area contributed by atoms with Crippen LogP contribution in [0.2, 0.25) is 0 Å². The Morgan fingerprint density at radius 1 is 1.53 bits per heavy atom. The Morgan fingerprint density at radius 3 is 2.87 bits per heavy atom. The van der Waals surface area contributed by atoms with Crippen LogP contribution in [0.5, 0.6) is 0 Å². The average Bonchev–Trinajstić information content (AvgIpc) is 2.70. The zero-order valence-corrected chi connectivity index (χ0v) is 9.72. The van der Waals surface area contributed by atoms with Gasteiger partial charge in [0.2, 0.25) is 0 Å². The lowest BCUT2D eigenvalue weighted by Crippen LogP contribution is -2.38. The Morgan fingerprint density at radius 2 is 2.33 bits per heavy atom. The maximum atomic E-state index is 11.2.